The van der Waals surface area contributed by atoms with Crippen LogP contribution in [0.4, 0.5) is 0 Å². The largest absolute Gasteiger partial charge is 0.380 e. The van der Waals surface area contributed by atoms with Crippen molar-refractivity contribution >= 4 is 11.8 Å². The minimum absolute atomic E-state index is 0.775. The van der Waals surface area contributed by atoms with Gasteiger partial charge in [-0.25, -0.2) is 0 Å². The van der Waals surface area contributed by atoms with Crippen molar-refractivity contribution in [1.29, 1.82) is 0 Å². The average molecular weight is 142 g/mol. The lowest BCUT2D eigenvalue weighted by atomic mass is 10.3. The Balaban J connectivity index is 2.38. The van der Waals surface area contributed by atoms with Crippen molar-refractivity contribution in [2.45, 2.75) is 0 Å². The Bertz CT molecular complexity index is 138. The molecule has 2 heteroatoms. The van der Waals surface area contributed by atoms with Crippen LogP contribution in [-0.4, -0.2) is 19.5 Å². The summed E-state index contributed by atoms with van der Waals surface area (Å²) in [5.41, 5.74) is 1.37. The zero-order valence-electron chi connectivity index (χ0n) is 5.46. The SMILES string of the molecule is COCC1=CC=CSC1. The summed E-state index contributed by atoms with van der Waals surface area (Å²) in [6, 6.07) is 0. The highest BCUT2D eigenvalue weighted by atomic mass is 32.2. The van der Waals surface area contributed by atoms with Gasteiger partial charge in [-0.05, 0) is 11.0 Å². The molecule has 9 heavy (non-hydrogen) atoms. The Hall–Kier alpha value is -0.210. The van der Waals surface area contributed by atoms with Gasteiger partial charge in [-0.3, -0.25) is 0 Å². The third-order valence-electron chi connectivity index (χ3n) is 1.11. The van der Waals surface area contributed by atoms with E-state index in [9.17, 15) is 0 Å². The van der Waals surface area contributed by atoms with Crippen molar-refractivity contribution in [1.82, 2.24) is 0 Å². The summed E-state index contributed by atoms with van der Waals surface area (Å²) in [4.78, 5) is 0. The molecule has 50 valence electrons. The van der Waals surface area contributed by atoms with Crippen LogP contribution in [0.3, 0.4) is 0 Å². The molecule has 0 atom stereocenters. The van der Waals surface area contributed by atoms with Crippen LogP contribution in [0.1, 0.15) is 0 Å². The Morgan fingerprint density at radius 1 is 1.78 bits per heavy atom. The van der Waals surface area contributed by atoms with Gasteiger partial charge in [0.1, 0.15) is 0 Å². The quantitative estimate of drug-likeness (QED) is 0.581. The number of thioether (sulfide) groups is 1. The molecular weight excluding hydrogens is 132 g/mol. The second-order valence-electron chi connectivity index (χ2n) is 1.90. The average Bonchev–Trinajstić information content (AvgIpc) is 1.91. The summed E-state index contributed by atoms with van der Waals surface area (Å²) in [6.45, 7) is 0.775. The minimum atomic E-state index is 0.775. The van der Waals surface area contributed by atoms with E-state index in [2.05, 4.69) is 17.6 Å². The minimum Gasteiger partial charge on any atom is -0.380 e. The molecule has 1 rings (SSSR count). The van der Waals surface area contributed by atoms with Crippen LogP contribution in [-0.2, 0) is 4.74 Å². The third kappa shape index (κ3) is 2.24. The van der Waals surface area contributed by atoms with Crippen molar-refractivity contribution in [3.63, 3.8) is 0 Å². The number of hydrogen-bond donors (Lipinski definition) is 0. The van der Waals surface area contributed by atoms with E-state index in [1.54, 1.807) is 7.11 Å². The second-order valence-corrected chi connectivity index (χ2v) is 2.79. The fourth-order valence-corrected chi connectivity index (χ4v) is 1.39. The number of allylic oxidation sites excluding steroid dienone is 2. The first-order valence-corrected chi connectivity index (χ1v) is 3.93. The normalized spacial score (nSPS) is 17.7. The zero-order chi connectivity index (χ0) is 6.53. The van der Waals surface area contributed by atoms with E-state index in [4.69, 9.17) is 4.74 Å². The van der Waals surface area contributed by atoms with Gasteiger partial charge in [0.05, 0.1) is 6.61 Å². The lowest BCUT2D eigenvalue weighted by Crippen LogP contribution is -1.97. The predicted molar refractivity (Wildman–Crippen MR) is 41.6 cm³/mol. The van der Waals surface area contributed by atoms with Crippen molar-refractivity contribution < 1.29 is 4.74 Å². The molecule has 0 unspecified atom stereocenters. The van der Waals surface area contributed by atoms with Gasteiger partial charge >= 0.3 is 0 Å². The summed E-state index contributed by atoms with van der Waals surface area (Å²) in [6.07, 6.45) is 4.17. The van der Waals surface area contributed by atoms with Gasteiger partial charge in [0.25, 0.3) is 0 Å². The molecule has 0 bridgehead atoms. The van der Waals surface area contributed by atoms with Crippen LogP contribution in [0.15, 0.2) is 23.1 Å². The summed E-state index contributed by atoms with van der Waals surface area (Å²) in [7, 11) is 1.73. The number of methoxy groups -OCH3 is 1. The van der Waals surface area contributed by atoms with E-state index in [0.29, 0.717) is 0 Å². The third-order valence-corrected chi connectivity index (χ3v) is 1.99. The highest BCUT2D eigenvalue weighted by molar-refractivity contribution is 8.02. The van der Waals surface area contributed by atoms with E-state index < -0.39 is 0 Å². The molecule has 1 nitrogen and oxygen atoms in total. The summed E-state index contributed by atoms with van der Waals surface area (Å²) in [5, 5.41) is 2.10. The Morgan fingerprint density at radius 3 is 3.22 bits per heavy atom. The van der Waals surface area contributed by atoms with Gasteiger partial charge in [-0.1, -0.05) is 12.2 Å². The molecule has 0 fully saturated rings. The molecule has 0 saturated carbocycles. The Kier molecular flexibility index (Phi) is 2.87. The maximum Gasteiger partial charge on any atom is 0.0684 e. The van der Waals surface area contributed by atoms with Gasteiger partial charge < -0.3 is 4.74 Å². The molecule has 0 aromatic heterocycles. The van der Waals surface area contributed by atoms with E-state index in [0.717, 1.165) is 12.4 Å². The monoisotopic (exact) mass is 142 g/mol. The highest BCUT2D eigenvalue weighted by Crippen LogP contribution is 2.14. The van der Waals surface area contributed by atoms with E-state index in [1.165, 1.54) is 5.57 Å². The molecule has 0 radical (unpaired) electrons. The van der Waals surface area contributed by atoms with Crippen LogP contribution in [0, 0.1) is 0 Å². The maximum atomic E-state index is 4.97. The Morgan fingerprint density at radius 2 is 2.67 bits per heavy atom. The second kappa shape index (κ2) is 3.75. The molecule has 1 heterocycles. The fraction of sp³-hybridized carbons (Fsp3) is 0.429. The first-order valence-electron chi connectivity index (χ1n) is 2.88. The van der Waals surface area contributed by atoms with Crippen molar-refractivity contribution in [3.8, 4) is 0 Å². The van der Waals surface area contributed by atoms with Crippen LogP contribution in [0.5, 0.6) is 0 Å². The van der Waals surface area contributed by atoms with E-state index in [1.807, 2.05) is 11.8 Å². The molecule has 0 saturated heterocycles. The van der Waals surface area contributed by atoms with Crippen molar-refractivity contribution in [2.75, 3.05) is 19.5 Å². The molecule has 1 aliphatic heterocycles. The summed E-state index contributed by atoms with van der Waals surface area (Å²) < 4.78 is 4.97. The lowest BCUT2D eigenvalue weighted by molar-refractivity contribution is 0.226. The first-order chi connectivity index (χ1) is 4.43. The first kappa shape index (κ1) is 6.90. The van der Waals surface area contributed by atoms with Gasteiger partial charge in [0, 0.05) is 12.9 Å². The molecular formula is C7H10OS. The predicted octanol–water partition coefficient (Wildman–Crippen LogP) is 1.82. The van der Waals surface area contributed by atoms with Gasteiger partial charge in [-0.15, -0.1) is 11.8 Å². The molecule has 0 N–H and O–H groups in total. The molecule has 0 aliphatic carbocycles. The molecule has 0 aromatic carbocycles. The summed E-state index contributed by atoms with van der Waals surface area (Å²) >= 11 is 1.81. The fourth-order valence-electron chi connectivity index (χ4n) is 0.709. The van der Waals surface area contributed by atoms with E-state index in [-0.39, 0.29) is 0 Å². The topological polar surface area (TPSA) is 9.23 Å². The van der Waals surface area contributed by atoms with Crippen LogP contribution in [0.2, 0.25) is 0 Å². The van der Waals surface area contributed by atoms with Gasteiger partial charge in [0.15, 0.2) is 0 Å². The van der Waals surface area contributed by atoms with Gasteiger partial charge in [0.2, 0.25) is 0 Å². The van der Waals surface area contributed by atoms with Crippen LogP contribution >= 0.6 is 11.8 Å². The van der Waals surface area contributed by atoms with Crippen LogP contribution in [0.25, 0.3) is 0 Å². The lowest BCUT2D eigenvalue weighted by Gasteiger charge is -2.05. The standard InChI is InChI=1S/C7H10OS/c1-8-5-7-3-2-4-9-6-7/h2-4H,5-6H2,1H3. The Labute approximate surface area is 59.8 Å². The molecule has 1 aliphatic rings. The maximum absolute atomic E-state index is 4.97. The van der Waals surface area contributed by atoms with E-state index >= 15 is 0 Å². The number of hydrogen-bond acceptors (Lipinski definition) is 2. The smallest absolute Gasteiger partial charge is 0.0684 e. The molecule has 0 aromatic rings. The van der Waals surface area contributed by atoms with Crippen molar-refractivity contribution in [3.05, 3.63) is 23.1 Å². The zero-order valence-corrected chi connectivity index (χ0v) is 6.28. The number of ether oxygens (including phenoxy) is 1. The van der Waals surface area contributed by atoms with Gasteiger partial charge in [-0.2, -0.15) is 0 Å². The van der Waals surface area contributed by atoms with Crippen molar-refractivity contribution in [2.24, 2.45) is 0 Å². The number of rotatable bonds is 2. The van der Waals surface area contributed by atoms with Crippen LogP contribution < -0.4 is 0 Å². The molecule has 0 spiro atoms. The molecule has 0 amide bonds. The highest BCUT2D eigenvalue weighted by Gasteiger charge is 1.96. The summed E-state index contributed by atoms with van der Waals surface area (Å²) in [5.74, 6) is 1.09.